The first kappa shape index (κ1) is 22.9. The molecule has 172 valence electrons. The lowest BCUT2D eigenvalue weighted by molar-refractivity contribution is -0.124. The van der Waals surface area contributed by atoms with E-state index < -0.39 is 15.9 Å². The fourth-order valence-corrected chi connectivity index (χ4v) is 4.93. The van der Waals surface area contributed by atoms with Crippen LogP contribution >= 0.6 is 0 Å². The summed E-state index contributed by atoms with van der Waals surface area (Å²) in [5.74, 6) is -0.700. The van der Waals surface area contributed by atoms with Gasteiger partial charge in [0.2, 0.25) is 0 Å². The van der Waals surface area contributed by atoms with Gasteiger partial charge in [0.05, 0.1) is 18.1 Å². The molecule has 33 heavy (non-hydrogen) atoms. The van der Waals surface area contributed by atoms with Crippen molar-refractivity contribution in [2.75, 3.05) is 26.3 Å². The highest BCUT2D eigenvalue weighted by Gasteiger charge is 2.18. The van der Waals surface area contributed by atoms with Crippen molar-refractivity contribution in [1.82, 2.24) is 14.4 Å². The molecule has 8 nitrogen and oxygen atoms in total. The first-order valence-electron chi connectivity index (χ1n) is 10.5. The summed E-state index contributed by atoms with van der Waals surface area (Å²) < 4.78 is 32.8. The Morgan fingerprint density at radius 1 is 1.06 bits per heavy atom. The van der Waals surface area contributed by atoms with Crippen molar-refractivity contribution in [2.24, 2.45) is 0 Å². The molecule has 1 fully saturated rings. The minimum absolute atomic E-state index is 0.165. The summed E-state index contributed by atoms with van der Waals surface area (Å²) in [6, 6.07) is 16.5. The van der Waals surface area contributed by atoms with Gasteiger partial charge in [-0.1, -0.05) is 30.3 Å². The second-order valence-corrected chi connectivity index (χ2v) is 9.55. The Kier molecular flexibility index (Phi) is 7.05. The lowest BCUT2D eigenvalue weighted by Gasteiger charge is -2.26. The normalized spacial score (nSPS) is 15.1. The van der Waals surface area contributed by atoms with Crippen LogP contribution in [0.15, 0.2) is 78.0 Å². The zero-order valence-electron chi connectivity index (χ0n) is 17.9. The average Bonchev–Trinajstić information content (AvgIpc) is 3.33. The van der Waals surface area contributed by atoms with Gasteiger partial charge in [0.1, 0.15) is 0 Å². The predicted octanol–water partition coefficient (Wildman–Crippen LogP) is 2.74. The van der Waals surface area contributed by atoms with Crippen molar-refractivity contribution in [3.8, 4) is 11.1 Å². The summed E-state index contributed by atoms with van der Waals surface area (Å²) in [6.45, 7) is 4.10. The van der Waals surface area contributed by atoms with Gasteiger partial charge in [-0.2, -0.15) is 0 Å². The minimum Gasteiger partial charge on any atom is -0.379 e. The number of carbonyl (C=O) groups is 1. The molecule has 3 aromatic rings. The monoisotopic (exact) mass is 467 g/mol. The average molecular weight is 468 g/mol. The summed E-state index contributed by atoms with van der Waals surface area (Å²) in [5.41, 5.74) is 4.92. The third-order valence-electron chi connectivity index (χ3n) is 5.41. The van der Waals surface area contributed by atoms with E-state index >= 15 is 0 Å². The van der Waals surface area contributed by atoms with Gasteiger partial charge in [-0.3, -0.25) is 14.9 Å². The van der Waals surface area contributed by atoms with Crippen molar-refractivity contribution in [2.45, 2.75) is 11.4 Å². The summed E-state index contributed by atoms with van der Waals surface area (Å²) >= 11 is 0. The predicted molar refractivity (Wildman–Crippen MR) is 124 cm³/mol. The molecule has 2 heterocycles. The molecule has 1 aliphatic heterocycles. The smallest absolute Gasteiger partial charge is 0.267 e. The van der Waals surface area contributed by atoms with Crippen molar-refractivity contribution in [3.05, 3.63) is 84.2 Å². The van der Waals surface area contributed by atoms with Crippen LogP contribution in [0.4, 0.5) is 0 Å². The number of hydroxylamine groups is 1. The van der Waals surface area contributed by atoms with Gasteiger partial charge in [-0.25, -0.2) is 17.9 Å². The molecule has 0 unspecified atom stereocenters. The Morgan fingerprint density at radius 3 is 2.55 bits per heavy atom. The lowest BCUT2D eigenvalue weighted by Crippen LogP contribution is -2.35. The summed E-state index contributed by atoms with van der Waals surface area (Å²) in [5, 5.41) is 8.56. The van der Waals surface area contributed by atoms with Gasteiger partial charge >= 0.3 is 0 Å². The largest absolute Gasteiger partial charge is 0.379 e. The van der Waals surface area contributed by atoms with Gasteiger partial charge in [-0.15, -0.1) is 0 Å². The Morgan fingerprint density at radius 2 is 1.79 bits per heavy atom. The molecule has 0 radical (unpaired) electrons. The zero-order valence-corrected chi connectivity index (χ0v) is 18.7. The number of morpholine rings is 1. The van der Waals surface area contributed by atoms with Crippen LogP contribution < -0.4 is 5.48 Å². The zero-order chi connectivity index (χ0) is 23.3. The fourth-order valence-electron chi connectivity index (χ4n) is 3.67. The van der Waals surface area contributed by atoms with E-state index in [-0.39, 0.29) is 4.90 Å². The van der Waals surface area contributed by atoms with Crippen LogP contribution in [-0.2, 0) is 26.1 Å². The summed E-state index contributed by atoms with van der Waals surface area (Å²) in [6.07, 6.45) is 5.35. The van der Waals surface area contributed by atoms with Gasteiger partial charge in [0.25, 0.3) is 15.9 Å². The van der Waals surface area contributed by atoms with Crippen LogP contribution in [0, 0.1) is 0 Å². The number of hydrogen-bond acceptors (Lipinski definition) is 6. The highest BCUT2D eigenvalue weighted by atomic mass is 32.2. The molecule has 0 bridgehead atoms. The van der Waals surface area contributed by atoms with E-state index in [0.717, 1.165) is 59.6 Å². The van der Waals surface area contributed by atoms with Crippen molar-refractivity contribution >= 4 is 22.0 Å². The van der Waals surface area contributed by atoms with Crippen LogP contribution in [0.25, 0.3) is 17.2 Å². The minimum atomic E-state index is -3.81. The first-order valence-corrected chi connectivity index (χ1v) is 11.9. The number of benzene rings is 2. The maximum atomic E-state index is 13.2. The molecule has 1 saturated heterocycles. The molecule has 0 saturated carbocycles. The summed E-state index contributed by atoms with van der Waals surface area (Å²) in [4.78, 5) is 13.6. The van der Waals surface area contributed by atoms with E-state index in [2.05, 4.69) is 17.0 Å². The molecular weight excluding hydrogens is 442 g/mol. The third kappa shape index (κ3) is 5.58. The van der Waals surface area contributed by atoms with Crippen LogP contribution in [0.1, 0.15) is 11.1 Å². The molecule has 4 rings (SSSR count). The number of ether oxygens (including phenoxy) is 1. The highest BCUT2D eigenvalue weighted by Crippen LogP contribution is 2.25. The molecule has 9 heteroatoms. The van der Waals surface area contributed by atoms with Crippen molar-refractivity contribution in [1.29, 1.82) is 0 Å². The molecule has 2 aromatic carbocycles. The van der Waals surface area contributed by atoms with E-state index in [1.54, 1.807) is 24.3 Å². The number of nitrogens with one attached hydrogen (secondary N) is 1. The summed E-state index contributed by atoms with van der Waals surface area (Å²) in [7, 11) is -3.81. The third-order valence-corrected chi connectivity index (χ3v) is 7.04. The fraction of sp³-hybridized carbons (Fsp3) is 0.208. The van der Waals surface area contributed by atoms with Gasteiger partial charge in [0, 0.05) is 38.1 Å². The van der Waals surface area contributed by atoms with E-state index in [1.165, 1.54) is 23.9 Å². The number of aromatic nitrogens is 1. The first-order chi connectivity index (χ1) is 16.0. The molecule has 0 spiro atoms. The Balaban J connectivity index is 1.56. The Bertz CT molecular complexity index is 1260. The molecule has 0 atom stereocenters. The molecular formula is C24H25N3O5S. The van der Waals surface area contributed by atoms with E-state index in [9.17, 15) is 13.2 Å². The van der Waals surface area contributed by atoms with Crippen molar-refractivity contribution in [3.63, 3.8) is 0 Å². The lowest BCUT2D eigenvalue weighted by atomic mass is 10.0. The standard InChI is InChI=1S/C24H25N3O5S/c28-24(25-29)8-7-19-9-10-27(18-19)33(30,31)23-6-2-5-22(16-23)21-4-1-3-20(15-21)17-26-11-13-32-14-12-26/h1-10,15-16,18,29H,11-14,17H2,(H,25,28). The maximum Gasteiger partial charge on any atom is 0.267 e. The second-order valence-electron chi connectivity index (χ2n) is 7.71. The van der Waals surface area contributed by atoms with E-state index in [4.69, 9.17) is 9.94 Å². The van der Waals surface area contributed by atoms with Gasteiger partial charge in [0.15, 0.2) is 0 Å². The van der Waals surface area contributed by atoms with Crippen LogP contribution in [0.3, 0.4) is 0 Å². The number of amides is 1. The molecule has 2 N–H and O–H groups in total. The van der Waals surface area contributed by atoms with Crippen LogP contribution in [0.2, 0.25) is 0 Å². The van der Waals surface area contributed by atoms with Gasteiger partial charge < -0.3 is 4.74 Å². The maximum absolute atomic E-state index is 13.2. The topological polar surface area (TPSA) is 101 Å². The number of hydrogen-bond donors (Lipinski definition) is 2. The van der Waals surface area contributed by atoms with Crippen LogP contribution in [-0.4, -0.2) is 54.7 Å². The number of rotatable bonds is 7. The molecule has 0 aliphatic carbocycles. The Labute approximate surface area is 192 Å². The van der Waals surface area contributed by atoms with Crippen LogP contribution in [0.5, 0.6) is 0 Å². The molecule has 1 amide bonds. The second kappa shape index (κ2) is 10.1. The van der Waals surface area contributed by atoms with Gasteiger partial charge in [-0.05, 0) is 52.6 Å². The Hall–Kier alpha value is -3.24. The van der Waals surface area contributed by atoms with E-state index in [1.807, 2.05) is 18.2 Å². The molecule has 1 aliphatic rings. The highest BCUT2D eigenvalue weighted by molar-refractivity contribution is 7.90. The van der Waals surface area contributed by atoms with E-state index in [0.29, 0.717) is 5.56 Å². The van der Waals surface area contributed by atoms with Crippen molar-refractivity contribution < 1.29 is 23.2 Å². The SMILES string of the molecule is O=C(C=Cc1ccn(S(=O)(=O)c2cccc(-c3cccc(CN4CCOCC4)c3)c2)c1)NO. The quantitative estimate of drug-likeness (QED) is 0.315. The molecule has 1 aromatic heterocycles. The number of nitrogens with zero attached hydrogens (tertiary/aromatic N) is 2. The number of carbonyl (C=O) groups excluding carboxylic acids is 1.